The monoisotopic (exact) mass is 380 g/mol. The van der Waals surface area contributed by atoms with Gasteiger partial charge in [0.2, 0.25) is 0 Å². The van der Waals surface area contributed by atoms with Gasteiger partial charge in [0.15, 0.2) is 4.32 Å². The van der Waals surface area contributed by atoms with Crippen LogP contribution in [0.5, 0.6) is 0 Å². The van der Waals surface area contributed by atoms with Gasteiger partial charge in [0, 0.05) is 0 Å². The topological polar surface area (TPSA) is 32.7 Å². The third-order valence-electron chi connectivity index (χ3n) is 4.24. The minimum atomic E-state index is -0.178. The molecule has 0 saturated carbocycles. The second kappa shape index (κ2) is 7.56. The highest BCUT2D eigenvalue weighted by Crippen LogP contribution is 2.33. The average Bonchev–Trinajstić information content (AvgIpc) is 2.85. The van der Waals surface area contributed by atoms with Gasteiger partial charge in [0.1, 0.15) is 0 Å². The Morgan fingerprint density at radius 2 is 1.54 bits per heavy atom. The van der Waals surface area contributed by atoms with Gasteiger partial charge < -0.3 is 0 Å². The maximum atomic E-state index is 12.7. The summed E-state index contributed by atoms with van der Waals surface area (Å²) in [6.07, 6.45) is 3.60. The van der Waals surface area contributed by atoms with Crippen molar-refractivity contribution >= 4 is 46.5 Å². The summed E-state index contributed by atoms with van der Waals surface area (Å²) in [5.41, 5.74) is 6.56. The molecule has 0 N–H and O–H groups in total. The zero-order valence-corrected chi connectivity index (χ0v) is 16.9. The van der Waals surface area contributed by atoms with Gasteiger partial charge in [-0.15, -0.1) is 0 Å². The van der Waals surface area contributed by atoms with Crippen LogP contribution in [0.25, 0.3) is 6.08 Å². The number of rotatable bonds is 3. The highest BCUT2D eigenvalue weighted by atomic mass is 32.2. The van der Waals surface area contributed by atoms with E-state index in [4.69, 9.17) is 12.2 Å². The van der Waals surface area contributed by atoms with Crippen molar-refractivity contribution in [3.8, 4) is 0 Å². The molecule has 1 aliphatic rings. The van der Waals surface area contributed by atoms with E-state index < -0.39 is 0 Å². The van der Waals surface area contributed by atoms with E-state index in [0.717, 1.165) is 33.4 Å². The molecule has 1 saturated heterocycles. The molecule has 0 atom stereocenters. The SMILES string of the molecule is Cc1ccc(C)c(/C=C2\SC(=S)N(/N=C/c3cc(C)ccc3C)C2=O)c1. The van der Waals surface area contributed by atoms with Crippen LogP contribution in [0.4, 0.5) is 0 Å². The van der Waals surface area contributed by atoms with Gasteiger partial charge in [-0.1, -0.05) is 59.3 Å². The molecule has 2 aromatic carbocycles. The van der Waals surface area contributed by atoms with E-state index in [2.05, 4.69) is 29.4 Å². The van der Waals surface area contributed by atoms with Crippen LogP contribution in [0, 0.1) is 27.7 Å². The Morgan fingerprint density at radius 1 is 0.962 bits per heavy atom. The quantitative estimate of drug-likeness (QED) is 0.419. The number of carbonyl (C=O) groups is 1. The van der Waals surface area contributed by atoms with E-state index in [0.29, 0.717) is 9.23 Å². The number of thioether (sulfide) groups is 1. The number of aryl methyl sites for hydroxylation is 4. The van der Waals surface area contributed by atoms with Crippen molar-refractivity contribution in [3.63, 3.8) is 0 Å². The molecule has 1 amide bonds. The third-order valence-corrected chi connectivity index (χ3v) is 5.52. The number of nitrogens with zero attached hydrogens (tertiary/aromatic N) is 2. The second-order valence-corrected chi connectivity index (χ2v) is 8.13. The largest absolute Gasteiger partial charge is 0.286 e. The number of hydrogen-bond acceptors (Lipinski definition) is 4. The van der Waals surface area contributed by atoms with Gasteiger partial charge in [0.25, 0.3) is 5.91 Å². The molecule has 0 bridgehead atoms. The molecule has 1 heterocycles. The molecule has 26 heavy (non-hydrogen) atoms. The molecule has 0 unspecified atom stereocenters. The Balaban J connectivity index is 1.87. The van der Waals surface area contributed by atoms with Crippen LogP contribution < -0.4 is 0 Å². The highest BCUT2D eigenvalue weighted by Gasteiger charge is 2.32. The molecule has 1 aliphatic heterocycles. The van der Waals surface area contributed by atoms with Crippen LogP contribution in [0.2, 0.25) is 0 Å². The number of hydrazone groups is 1. The Labute approximate surface area is 163 Å². The lowest BCUT2D eigenvalue weighted by Gasteiger charge is -2.07. The van der Waals surface area contributed by atoms with E-state index in [1.165, 1.54) is 16.8 Å². The first kappa shape index (κ1) is 18.5. The first-order chi connectivity index (χ1) is 12.3. The number of amides is 1. The Hall–Kier alpha value is -2.24. The average molecular weight is 381 g/mol. The molecule has 3 rings (SSSR count). The first-order valence-corrected chi connectivity index (χ1v) is 9.54. The fraction of sp³-hybridized carbons (Fsp3) is 0.190. The molecular weight excluding hydrogens is 360 g/mol. The molecule has 0 spiro atoms. The molecule has 0 aliphatic carbocycles. The van der Waals surface area contributed by atoms with E-state index in [9.17, 15) is 4.79 Å². The summed E-state index contributed by atoms with van der Waals surface area (Å²) in [6.45, 7) is 8.12. The third kappa shape index (κ3) is 3.94. The summed E-state index contributed by atoms with van der Waals surface area (Å²) < 4.78 is 0.452. The summed E-state index contributed by atoms with van der Waals surface area (Å²) in [5.74, 6) is -0.178. The fourth-order valence-electron chi connectivity index (χ4n) is 2.63. The van der Waals surface area contributed by atoms with Crippen LogP contribution in [0.15, 0.2) is 46.4 Å². The lowest BCUT2D eigenvalue weighted by atomic mass is 10.1. The van der Waals surface area contributed by atoms with Crippen LogP contribution in [0.3, 0.4) is 0 Å². The van der Waals surface area contributed by atoms with Crippen LogP contribution in [0.1, 0.15) is 33.4 Å². The molecule has 132 valence electrons. The Bertz CT molecular complexity index is 960. The van der Waals surface area contributed by atoms with Crippen molar-refractivity contribution < 1.29 is 4.79 Å². The summed E-state index contributed by atoms with van der Waals surface area (Å²) in [6, 6.07) is 12.3. The summed E-state index contributed by atoms with van der Waals surface area (Å²) >= 11 is 6.65. The first-order valence-electron chi connectivity index (χ1n) is 8.31. The van der Waals surface area contributed by atoms with Crippen molar-refractivity contribution in [2.24, 2.45) is 5.10 Å². The summed E-state index contributed by atoms with van der Waals surface area (Å²) in [7, 11) is 0. The van der Waals surface area contributed by atoms with E-state index in [1.54, 1.807) is 6.21 Å². The lowest BCUT2D eigenvalue weighted by Crippen LogP contribution is -2.22. The zero-order chi connectivity index (χ0) is 18.8. The van der Waals surface area contributed by atoms with Gasteiger partial charge in [0.05, 0.1) is 11.1 Å². The van der Waals surface area contributed by atoms with Gasteiger partial charge in [-0.2, -0.15) is 10.1 Å². The summed E-state index contributed by atoms with van der Waals surface area (Å²) in [5, 5.41) is 5.65. The number of hydrogen-bond donors (Lipinski definition) is 0. The second-order valence-electron chi connectivity index (χ2n) is 6.46. The number of thiocarbonyl (C=S) groups is 1. The fourth-order valence-corrected chi connectivity index (χ4v) is 3.80. The van der Waals surface area contributed by atoms with Crippen LogP contribution >= 0.6 is 24.0 Å². The van der Waals surface area contributed by atoms with Crippen molar-refractivity contribution in [1.29, 1.82) is 0 Å². The molecule has 5 heteroatoms. The normalized spacial score (nSPS) is 16.3. The lowest BCUT2D eigenvalue weighted by molar-refractivity contribution is -0.122. The number of carbonyl (C=O) groups excluding carboxylic acids is 1. The van der Waals surface area contributed by atoms with Gasteiger partial charge >= 0.3 is 0 Å². The summed E-state index contributed by atoms with van der Waals surface area (Å²) in [4.78, 5) is 13.3. The smallest absolute Gasteiger partial charge is 0.266 e. The van der Waals surface area contributed by atoms with E-state index >= 15 is 0 Å². The molecular formula is C21H20N2OS2. The van der Waals surface area contributed by atoms with Gasteiger partial charge in [-0.05, 0) is 68.2 Å². The maximum Gasteiger partial charge on any atom is 0.286 e. The molecule has 0 aromatic heterocycles. The predicted molar refractivity (Wildman–Crippen MR) is 114 cm³/mol. The van der Waals surface area contributed by atoms with Crippen molar-refractivity contribution in [3.05, 3.63) is 74.7 Å². The van der Waals surface area contributed by atoms with Crippen molar-refractivity contribution in [1.82, 2.24) is 5.01 Å². The number of benzene rings is 2. The van der Waals surface area contributed by atoms with Crippen molar-refractivity contribution in [2.45, 2.75) is 27.7 Å². The van der Waals surface area contributed by atoms with E-state index in [-0.39, 0.29) is 5.91 Å². The zero-order valence-electron chi connectivity index (χ0n) is 15.2. The molecule has 1 fully saturated rings. The minimum Gasteiger partial charge on any atom is -0.266 e. The minimum absolute atomic E-state index is 0.178. The molecule has 0 radical (unpaired) electrons. The van der Waals surface area contributed by atoms with Crippen LogP contribution in [-0.2, 0) is 4.79 Å². The van der Waals surface area contributed by atoms with E-state index in [1.807, 2.05) is 45.9 Å². The van der Waals surface area contributed by atoms with Gasteiger partial charge in [-0.3, -0.25) is 4.79 Å². The molecule has 3 nitrogen and oxygen atoms in total. The Morgan fingerprint density at radius 3 is 2.19 bits per heavy atom. The standard InChI is InChI=1S/C21H20N2OS2/c1-13-5-7-15(3)17(9-13)11-19-20(24)23(21(25)26-19)22-12-18-10-14(2)6-8-16(18)4/h5-12H,1-4H3/b19-11-,22-12+. The predicted octanol–water partition coefficient (Wildman–Crippen LogP) is 5.16. The molecule has 2 aromatic rings. The van der Waals surface area contributed by atoms with Crippen LogP contribution in [-0.4, -0.2) is 21.5 Å². The highest BCUT2D eigenvalue weighted by molar-refractivity contribution is 8.26. The van der Waals surface area contributed by atoms with Crippen molar-refractivity contribution in [2.75, 3.05) is 0 Å². The maximum absolute atomic E-state index is 12.7. The Kier molecular flexibility index (Phi) is 5.39. The van der Waals surface area contributed by atoms with Gasteiger partial charge in [-0.25, -0.2) is 0 Å².